The molecule has 0 saturated heterocycles. The molecule has 0 amide bonds. The molecule has 4 nitrogen and oxygen atoms in total. The van der Waals surface area contributed by atoms with Gasteiger partial charge in [-0.25, -0.2) is 15.0 Å². The van der Waals surface area contributed by atoms with E-state index >= 15 is 0 Å². The van der Waals surface area contributed by atoms with Crippen LogP contribution in [-0.4, -0.2) is 19.5 Å². The van der Waals surface area contributed by atoms with Crippen LogP contribution in [0, 0.1) is 0 Å². The van der Waals surface area contributed by atoms with E-state index in [1.165, 1.54) is 4.57 Å². The van der Waals surface area contributed by atoms with Gasteiger partial charge >= 0.3 is 0 Å². The summed E-state index contributed by atoms with van der Waals surface area (Å²) in [5.74, 6) is -0.248. The minimum Gasteiger partial charge on any atom is -0.309 e. The van der Waals surface area contributed by atoms with Gasteiger partial charge in [-0.15, -0.1) is 0 Å². The third-order valence-electron chi connectivity index (χ3n) is 8.23. The zero-order chi connectivity index (χ0) is 43.9. The Morgan fingerprint density at radius 1 is 0.388 bits per heavy atom. The predicted molar refractivity (Wildman–Crippen MR) is 201 cm³/mol. The molecule has 0 bridgehead atoms. The summed E-state index contributed by atoms with van der Waals surface area (Å²) in [6.45, 7) is 0. The summed E-state index contributed by atoms with van der Waals surface area (Å²) in [5, 5.41) is -0.241. The average molecular weight is 640 g/mol. The molecule has 49 heavy (non-hydrogen) atoms. The zero-order valence-corrected chi connectivity index (χ0v) is 25.6. The lowest BCUT2D eigenvalue weighted by Gasteiger charge is -2.16. The Kier molecular flexibility index (Phi) is 4.48. The van der Waals surface area contributed by atoms with E-state index in [-0.39, 0.29) is 56.1 Å². The van der Waals surface area contributed by atoms with Gasteiger partial charge in [-0.05, 0) is 46.5 Å². The number of rotatable bonds is 6. The number of nitrogens with zero attached hydrogens (tertiary/aromatic N) is 4. The SMILES string of the molecule is [2H]c1c([2H])c([2H])c(-c2nc(-c3ccccc3)nc(-c3cc(-c4ccc(-c5ccccc5)cc4)ccc3-n3c4c([2H])c([2H])c([2H])c([2H])c4c4c([2H])c([2H])c([2H])c([2H])c43)n2)c([2H])c1[2H]. The maximum atomic E-state index is 9.18. The molecule has 230 valence electrons. The highest BCUT2D eigenvalue weighted by molar-refractivity contribution is 6.09. The molecule has 0 N–H and O–H groups in total. The Hall–Kier alpha value is -6.65. The van der Waals surface area contributed by atoms with Crippen LogP contribution in [0.25, 0.3) is 83.9 Å². The van der Waals surface area contributed by atoms with Gasteiger partial charge in [-0.3, -0.25) is 0 Å². The Morgan fingerprint density at radius 3 is 1.49 bits per heavy atom. The van der Waals surface area contributed by atoms with Gasteiger partial charge in [0.15, 0.2) is 17.5 Å². The molecule has 0 fully saturated rings. The minimum absolute atomic E-state index is 0.0740. The lowest BCUT2D eigenvalue weighted by atomic mass is 9.98. The molecule has 0 aliphatic rings. The van der Waals surface area contributed by atoms with Gasteiger partial charge in [0, 0.05) is 27.5 Å². The summed E-state index contributed by atoms with van der Waals surface area (Å²) in [6, 6.07) is 24.3. The molecule has 0 saturated carbocycles. The van der Waals surface area contributed by atoms with Crippen molar-refractivity contribution in [2.24, 2.45) is 0 Å². The number of para-hydroxylation sites is 2. The lowest BCUT2D eigenvalue weighted by molar-refractivity contribution is 1.06. The second kappa shape index (κ2) is 12.2. The van der Waals surface area contributed by atoms with E-state index in [1.807, 2.05) is 54.6 Å². The number of hydrogen-bond donors (Lipinski definition) is 0. The third kappa shape index (κ3) is 5.26. The quantitative estimate of drug-likeness (QED) is 0.182. The zero-order valence-electron chi connectivity index (χ0n) is 38.6. The molecule has 2 aromatic heterocycles. The molecular formula is C45H30N4. The number of benzene rings is 7. The summed E-state index contributed by atoms with van der Waals surface area (Å²) in [5.41, 5.74) is 3.69. The summed E-state index contributed by atoms with van der Waals surface area (Å²) in [4.78, 5) is 14.3. The van der Waals surface area contributed by atoms with Crippen molar-refractivity contribution in [3.63, 3.8) is 0 Å². The van der Waals surface area contributed by atoms with Crippen LogP contribution in [0.15, 0.2) is 182 Å². The number of fused-ring (bicyclic) bond motifs is 3. The van der Waals surface area contributed by atoms with Crippen molar-refractivity contribution < 1.29 is 17.8 Å². The van der Waals surface area contributed by atoms with Crippen LogP contribution in [0.2, 0.25) is 0 Å². The Balaban J connectivity index is 1.43. The fourth-order valence-electron chi connectivity index (χ4n) is 5.92. The Labute approximate surface area is 302 Å². The number of aromatic nitrogens is 4. The maximum absolute atomic E-state index is 9.18. The van der Waals surface area contributed by atoms with E-state index in [4.69, 9.17) is 25.0 Å². The van der Waals surface area contributed by atoms with Crippen molar-refractivity contribution in [1.82, 2.24) is 19.5 Å². The molecule has 0 spiro atoms. The topological polar surface area (TPSA) is 43.6 Å². The number of hydrogen-bond acceptors (Lipinski definition) is 3. The van der Waals surface area contributed by atoms with E-state index in [0.29, 0.717) is 11.1 Å². The van der Waals surface area contributed by atoms with E-state index in [9.17, 15) is 2.74 Å². The standard InChI is InChI=1S/C45H30N4/c1-4-14-31(15-5-1)32-24-26-33(27-25-32)36-28-29-42(49-40-22-12-10-20-37(40)38-21-11-13-23-41(38)49)39(30-36)45-47-43(34-16-6-2-7-17-34)46-44(48-45)35-18-8-3-9-19-35/h1-30H/i2D,6D,7D,10D,11D,12D,13D,16D,17D,20D,21D,22D,23D. The average Bonchev–Trinajstić information content (AvgIpc) is 3.67. The second-order valence-corrected chi connectivity index (χ2v) is 11.1. The van der Waals surface area contributed by atoms with Crippen LogP contribution >= 0.6 is 0 Å². The minimum atomic E-state index is -0.602. The summed E-state index contributed by atoms with van der Waals surface area (Å²) < 4.78 is 115. The molecule has 0 atom stereocenters. The molecule has 9 aromatic rings. The highest BCUT2D eigenvalue weighted by Crippen LogP contribution is 2.38. The highest BCUT2D eigenvalue weighted by atomic mass is 15.1. The van der Waals surface area contributed by atoms with Crippen LogP contribution in [0.5, 0.6) is 0 Å². The Bertz CT molecular complexity index is 3210. The molecule has 0 aliphatic heterocycles. The molecule has 0 unspecified atom stereocenters. The molecule has 9 rings (SSSR count). The van der Waals surface area contributed by atoms with Crippen molar-refractivity contribution in [3.05, 3.63) is 182 Å². The normalized spacial score (nSPS) is 15.0. The first-order chi connectivity index (χ1) is 29.7. The van der Waals surface area contributed by atoms with Gasteiger partial charge < -0.3 is 4.57 Å². The van der Waals surface area contributed by atoms with E-state index < -0.39 is 78.6 Å². The van der Waals surface area contributed by atoms with Crippen LogP contribution in [-0.2, 0) is 0 Å². The first-order valence-electron chi connectivity index (χ1n) is 21.9. The summed E-state index contributed by atoms with van der Waals surface area (Å²) >= 11 is 0. The van der Waals surface area contributed by atoms with Gasteiger partial charge in [0.1, 0.15) is 0 Å². The van der Waals surface area contributed by atoms with Gasteiger partial charge in [0.05, 0.1) is 34.5 Å². The third-order valence-corrected chi connectivity index (χ3v) is 8.23. The van der Waals surface area contributed by atoms with Gasteiger partial charge in [-0.1, -0.05) is 157 Å². The largest absolute Gasteiger partial charge is 0.309 e. The molecule has 7 aromatic carbocycles. The lowest BCUT2D eigenvalue weighted by Crippen LogP contribution is -2.04. The van der Waals surface area contributed by atoms with Crippen molar-refractivity contribution in [1.29, 1.82) is 0 Å². The Morgan fingerprint density at radius 2 is 0.857 bits per heavy atom. The maximum Gasteiger partial charge on any atom is 0.166 e. The fraction of sp³-hybridized carbons (Fsp3) is 0. The predicted octanol–water partition coefficient (Wildman–Crippen LogP) is 11.3. The van der Waals surface area contributed by atoms with Crippen molar-refractivity contribution in [2.45, 2.75) is 0 Å². The molecule has 4 heteroatoms. The van der Waals surface area contributed by atoms with Crippen molar-refractivity contribution in [2.75, 3.05) is 0 Å². The van der Waals surface area contributed by atoms with Crippen LogP contribution in [0.1, 0.15) is 17.8 Å². The summed E-state index contributed by atoms with van der Waals surface area (Å²) in [6.07, 6.45) is 0. The summed E-state index contributed by atoms with van der Waals surface area (Å²) in [7, 11) is 0. The molecule has 0 aliphatic carbocycles. The smallest absolute Gasteiger partial charge is 0.166 e. The van der Waals surface area contributed by atoms with E-state index in [0.717, 1.165) is 16.7 Å². The highest BCUT2D eigenvalue weighted by Gasteiger charge is 2.20. The first kappa shape index (κ1) is 18.0. The van der Waals surface area contributed by atoms with E-state index in [1.54, 1.807) is 48.5 Å². The van der Waals surface area contributed by atoms with Crippen LogP contribution in [0.4, 0.5) is 0 Å². The van der Waals surface area contributed by atoms with Gasteiger partial charge in [-0.2, -0.15) is 0 Å². The second-order valence-electron chi connectivity index (χ2n) is 11.1. The molecule has 2 heterocycles. The van der Waals surface area contributed by atoms with Gasteiger partial charge in [0.2, 0.25) is 0 Å². The molecule has 0 radical (unpaired) electrons. The van der Waals surface area contributed by atoms with Crippen molar-refractivity contribution >= 4 is 21.8 Å². The first-order valence-corrected chi connectivity index (χ1v) is 15.4. The van der Waals surface area contributed by atoms with E-state index in [2.05, 4.69) is 4.98 Å². The van der Waals surface area contributed by atoms with Crippen LogP contribution in [0.3, 0.4) is 0 Å². The van der Waals surface area contributed by atoms with Gasteiger partial charge in [0.25, 0.3) is 0 Å². The molecular weight excluding hydrogens is 597 g/mol. The van der Waals surface area contributed by atoms with Crippen molar-refractivity contribution in [3.8, 4) is 62.1 Å². The van der Waals surface area contributed by atoms with Crippen LogP contribution < -0.4 is 0 Å². The monoisotopic (exact) mass is 639 g/mol. The fourth-order valence-corrected chi connectivity index (χ4v) is 5.92.